The van der Waals surface area contributed by atoms with E-state index in [9.17, 15) is 0 Å². The molecule has 0 heterocycles. The number of ether oxygens (including phenoxy) is 1. The Morgan fingerprint density at radius 1 is 0.680 bits per heavy atom. The Kier molecular flexibility index (Phi) is 5.55. The maximum absolute atomic E-state index is 5.37. The minimum atomic E-state index is -0.134. The molecule has 0 atom stereocenters. The second-order valence-corrected chi connectivity index (χ2v) is 6.47. The first-order valence-corrected chi connectivity index (χ1v) is 9.07. The van der Waals surface area contributed by atoms with Crippen molar-refractivity contribution in [3.63, 3.8) is 0 Å². The SMILES string of the molecule is CCCCC(c1ccccc1)(c1ccccc1)c1ccc(OC)cc1. The van der Waals surface area contributed by atoms with Gasteiger partial charge in [-0.3, -0.25) is 0 Å². The highest BCUT2D eigenvalue weighted by Gasteiger charge is 2.35. The zero-order valence-corrected chi connectivity index (χ0v) is 15.1. The van der Waals surface area contributed by atoms with E-state index in [0.717, 1.165) is 12.2 Å². The number of methoxy groups -OCH3 is 1. The molecule has 0 aliphatic rings. The molecule has 0 radical (unpaired) electrons. The number of hydrogen-bond acceptors (Lipinski definition) is 1. The summed E-state index contributed by atoms with van der Waals surface area (Å²) in [6, 6.07) is 30.3. The van der Waals surface area contributed by atoms with Gasteiger partial charge < -0.3 is 4.74 Å². The van der Waals surface area contributed by atoms with E-state index in [1.165, 1.54) is 29.5 Å². The van der Waals surface area contributed by atoms with E-state index in [1.807, 2.05) is 0 Å². The van der Waals surface area contributed by atoms with Crippen LogP contribution in [0.25, 0.3) is 0 Å². The van der Waals surface area contributed by atoms with Gasteiger partial charge in [-0.15, -0.1) is 0 Å². The minimum Gasteiger partial charge on any atom is -0.497 e. The third-order valence-electron chi connectivity index (χ3n) is 5.02. The van der Waals surface area contributed by atoms with Gasteiger partial charge in [-0.25, -0.2) is 0 Å². The van der Waals surface area contributed by atoms with Crippen molar-refractivity contribution in [3.8, 4) is 5.75 Å². The van der Waals surface area contributed by atoms with E-state index in [1.54, 1.807) is 7.11 Å². The van der Waals surface area contributed by atoms with Crippen LogP contribution >= 0.6 is 0 Å². The zero-order chi connectivity index (χ0) is 17.5. The molecule has 0 bridgehead atoms. The Hall–Kier alpha value is -2.54. The van der Waals surface area contributed by atoms with Crippen molar-refractivity contribution in [1.29, 1.82) is 0 Å². The lowest BCUT2D eigenvalue weighted by Gasteiger charge is -2.36. The monoisotopic (exact) mass is 330 g/mol. The summed E-state index contributed by atoms with van der Waals surface area (Å²) in [7, 11) is 1.72. The first kappa shape index (κ1) is 17.3. The summed E-state index contributed by atoms with van der Waals surface area (Å²) < 4.78 is 5.37. The highest BCUT2D eigenvalue weighted by atomic mass is 16.5. The molecule has 1 heteroatoms. The van der Waals surface area contributed by atoms with Crippen molar-refractivity contribution in [2.45, 2.75) is 31.6 Å². The van der Waals surface area contributed by atoms with Gasteiger partial charge in [0.25, 0.3) is 0 Å². The number of hydrogen-bond donors (Lipinski definition) is 0. The quantitative estimate of drug-likeness (QED) is 0.467. The largest absolute Gasteiger partial charge is 0.497 e. The summed E-state index contributed by atoms with van der Waals surface area (Å²) in [5.74, 6) is 0.897. The minimum absolute atomic E-state index is 0.134. The summed E-state index contributed by atoms with van der Waals surface area (Å²) in [5.41, 5.74) is 3.88. The number of unbranched alkanes of at least 4 members (excludes halogenated alkanes) is 1. The van der Waals surface area contributed by atoms with Crippen LogP contribution in [-0.4, -0.2) is 7.11 Å². The summed E-state index contributed by atoms with van der Waals surface area (Å²) >= 11 is 0. The molecule has 0 aromatic heterocycles. The molecular weight excluding hydrogens is 304 g/mol. The van der Waals surface area contributed by atoms with Crippen molar-refractivity contribution >= 4 is 0 Å². The van der Waals surface area contributed by atoms with Crippen molar-refractivity contribution in [2.24, 2.45) is 0 Å². The first-order valence-electron chi connectivity index (χ1n) is 9.07. The standard InChI is InChI=1S/C24H26O/c1-3-4-19-24(20-11-7-5-8-12-20,21-13-9-6-10-14-21)22-15-17-23(25-2)18-16-22/h5-18H,3-4,19H2,1-2H3. The van der Waals surface area contributed by atoms with E-state index >= 15 is 0 Å². The smallest absolute Gasteiger partial charge is 0.118 e. The first-order chi connectivity index (χ1) is 12.3. The normalized spacial score (nSPS) is 11.3. The highest BCUT2D eigenvalue weighted by Crippen LogP contribution is 2.43. The van der Waals surface area contributed by atoms with Crippen LogP contribution in [0.3, 0.4) is 0 Å². The average molecular weight is 330 g/mol. The molecule has 3 aromatic rings. The second kappa shape index (κ2) is 8.02. The van der Waals surface area contributed by atoms with E-state index < -0.39 is 0 Å². The van der Waals surface area contributed by atoms with Gasteiger partial charge in [0.15, 0.2) is 0 Å². The molecule has 3 aromatic carbocycles. The highest BCUT2D eigenvalue weighted by molar-refractivity contribution is 5.51. The molecule has 0 unspecified atom stereocenters. The molecule has 0 fully saturated rings. The van der Waals surface area contributed by atoms with Crippen molar-refractivity contribution in [3.05, 3.63) is 102 Å². The maximum Gasteiger partial charge on any atom is 0.118 e. The van der Waals surface area contributed by atoms with Gasteiger partial charge in [0.1, 0.15) is 5.75 Å². The van der Waals surface area contributed by atoms with Crippen LogP contribution in [-0.2, 0) is 5.41 Å². The van der Waals surface area contributed by atoms with Gasteiger partial charge >= 0.3 is 0 Å². The van der Waals surface area contributed by atoms with Crippen LogP contribution in [0, 0.1) is 0 Å². The molecule has 128 valence electrons. The third kappa shape index (κ3) is 3.46. The van der Waals surface area contributed by atoms with E-state index in [4.69, 9.17) is 4.74 Å². The van der Waals surface area contributed by atoms with Crippen LogP contribution in [0.5, 0.6) is 5.75 Å². The van der Waals surface area contributed by atoms with Crippen LogP contribution in [0.1, 0.15) is 42.9 Å². The Morgan fingerprint density at radius 2 is 1.16 bits per heavy atom. The van der Waals surface area contributed by atoms with E-state index in [-0.39, 0.29) is 5.41 Å². The Bertz CT molecular complexity index is 721. The van der Waals surface area contributed by atoms with Gasteiger partial charge in [0.2, 0.25) is 0 Å². The van der Waals surface area contributed by atoms with Crippen LogP contribution < -0.4 is 4.74 Å². The number of benzene rings is 3. The lowest BCUT2D eigenvalue weighted by molar-refractivity contribution is 0.414. The molecule has 0 amide bonds. The van der Waals surface area contributed by atoms with Gasteiger partial charge in [0.05, 0.1) is 7.11 Å². The molecule has 1 nitrogen and oxygen atoms in total. The van der Waals surface area contributed by atoms with Gasteiger partial charge in [-0.05, 0) is 35.2 Å². The predicted octanol–water partition coefficient (Wildman–Crippen LogP) is 6.22. The van der Waals surface area contributed by atoms with Crippen LogP contribution in [0.2, 0.25) is 0 Å². The topological polar surface area (TPSA) is 9.23 Å². The lowest BCUT2D eigenvalue weighted by atomic mass is 9.66. The third-order valence-corrected chi connectivity index (χ3v) is 5.02. The maximum atomic E-state index is 5.37. The Morgan fingerprint density at radius 3 is 1.60 bits per heavy atom. The van der Waals surface area contributed by atoms with Crippen molar-refractivity contribution in [1.82, 2.24) is 0 Å². The molecule has 0 N–H and O–H groups in total. The lowest BCUT2D eigenvalue weighted by Crippen LogP contribution is -2.29. The van der Waals surface area contributed by atoms with Gasteiger partial charge in [-0.1, -0.05) is 92.6 Å². The summed E-state index contributed by atoms with van der Waals surface area (Å²) in [4.78, 5) is 0. The van der Waals surface area contributed by atoms with Crippen molar-refractivity contribution in [2.75, 3.05) is 7.11 Å². The molecule has 0 spiro atoms. The Balaban J connectivity index is 2.23. The zero-order valence-electron chi connectivity index (χ0n) is 15.1. The molecule has 0 aliphatic heterocycles. The predicted molar refractivity (Wildman–Crippen MR) is 105 cm³/mol. The van der Waals surface area contributed by atoms with Gasteiger partial charge in [-0.2, -0.15) is 0 Å². The fraction of sp³-hybridized carbons (Fsp3) is 0.250. The van der Waals surface area contributed by atoms with Gasteiger partial charge in [0, 0.05) is 5.41 Å². The van der Waals surface area contributed by atoms with E-state index in [2.05, 4.69) is 91.9 Å². The summed E-state index contributed by atoms with van der Waals surface area (Å²) in [5, 5.41) is 0. The molecule has 0 saturated heterocycles. The molecule has 0 aliphatic carbocycles. The number of rotatable bonds is 7. The molecule has 3 rings (SSSR count). The summed E-state index contributed by atoms with van der Waals surface area (Å²) in [6.45, 7) is 2.26. The second-order valence-electron chi connectivity index (χ2n) is 6.47. The Labute approximate surface area is 151 Å². The van der Waals surface area contributed by atoms with Crippen LogP contribution in [0.4, 0.5) is 0 Å². The average Bonchev–Trinajstić information content (AvgIpc) is 2.71. The van der Waals surface area contributed by atoms with Crippen LogP contribution in [0.15, 0.2) is 84.9 Å². The van der Waals surface area contributed by atoms with E-state index in [0.29, 0.717) is 0 Å². The van der Waals surface area contributed by atoms with Crippen molar-refractivity contribution < 1.29 is 4.74 Å². The fourth-order valence-electron chi connectivity index (χ4n) is 3.70. The molecule has 0 saturated carbocycles. The molecule has 25 heavy (non-hydrogen) atoms. The molecular formula is C24H26O. The summed E-state index contributed by atoms with van der Waals surface area (Å²) in [6.07, 6.45) is 3.44. The fourth-order valence-corrected chi connectivity index (χ4v) is 3.70.